The van der Waals surface area contributed by atoms with Gasteiger partial charge < -0.3 is 14.4 Å². The number of thioether (sulfide) groups is 1. The number of aromatic nitrogens is 3. The molecule has 0 aliphatic rings. The van der Waals surface area contributed by atoms with Crippen molar-refractivity contribution in [2.45, 2.75) is 24.4 Å². The largest absolute Gasteiger partial charge is 0.493 e. The number of non-ortho nitro benzene ring substituents is 1. The van der Waals surface area contributed by atoms with Crippen molar-refractivity contribution < 1.29 is 19.2 Å². The molecular weight excluding hydrogens is 530 g/mol. The summed E-state index contributed by atoms with van der Waals surface area (Å²) in [5, 5.41) is 20.5. The van der Waals surface area contributed by atoms with Gasteiger partial charge in [-0.1, -0.05) is 36.0 Å². The van der Waals surface area contributed by atoms with E-state index in [-0.39, 0.29) is 11.6 Å². The Labute approximate surface area is 237 Å². The van der Waals surface area contributed by atoms with Crippen LogP contribution in [0, 0.1) is 10.1 Å². The standard InChI is InChI=1S/C29H31N5O5S/c1-32(18-17-21-11-16-25(38-2)26(20-21)39-3)27(35)10-7-19-40-29-31-30-28(33(29)23-8-5-4-6-9-23)22-12-14-24(15-13-22)34(36)37/h4-6,8-9,11-16,20H,7,10,17-19H2,1-3H3. The van der Waals surface area contributed by atoms with E-state index in [1.807, 2.05) is 60.1 Å². The monoisotopic (exact) mass is 561 g/mol. The van der Waals surface area contributed by atoms with E-state index in [1.54, 1.807) is 31.3 Å². The first-order valence-electron chi connectivity index (χ1n) is 12.7. The van der Waals surface area contributed by atoms with E-state index in [9.17, 15) is 14.9 Å². The molecule has 4 rings (SSSR count). The molecule has 0 unspecified atom stereocenters. The first-order chi connectivity index (χ1) is 19.4. The first kappa shape index (κ1) is 28.6. The van der Waals surface area contributed by atoms with Crippen LogP contribution in [0.15, 0.2) is 78.0 Å². The maximum absolute atomic E-state index is 12.7. The fourth-order valence-electron chi connectivity index (χ4n) is 4.13. The highest BCUT2D eigenvalue weighted by molar-refractivity contribution is 7.99. The molecule has 0 N–H and O–H groups in total. The quantitative estimate of drug-likeness (QED) is 0.0919. The van der Waals surface area contributed by atoms with E-state index >= 15 is 0 Å². The molecule has 0 spiro atoms. The van der Waals surface area contributed by atoms with Gasteiger partial charge in [-0.05, 0) is 54.8 Å². The van der Waals surface area contributed by atoms with E-state index < -0.39 is 4.92 Å². The van der Waals surface area contributed by atoms with Crippen LogP contribution in [0.4, 0.5) is 5.69 Å². The minimum absolute atomic E-state index is 0.0162. The summed E-state index contributed by atoms with van der Waals surface area (Å²) >= 11 is 1.52. The Morgan fingerprint density at radius 1 is 1.00 bits per heavy atom. The van der Waals surface area contributed by atoms with Gasteiger partial charge >= 0.3 is 0 Å². The van der Waals surface area contributed by atoms with E-state index in [4.69, 9.17) is 9.47 Å². The predicted molar refractivity (Wildman–Crippen MR) is 154 cm³/mol. The summed E-state index contributed by atoms with van der Waals surface area (Å²) in [6, 6.07) is 21.7. The third kappa shape index (κ3) is 6.97. The molecule has 0 radical (unpaired) electrons. The normalized spacial score (nSPS) is 10.8. The third-order valence-electron chi connectivity index (χ3n) is 6.36. The van der Waals surface area contributed by atoms with Crippen LogP contribution in [-0.2, 0) is 11.2 Å². The zero-order valence-corrected chi connectivity index (χ0v) is 23.5. The highest BCUT2D eigenvalue weighted by atomic mass is 32.2. The molecule has 0 saturated heterocycles. The second-order valence-corrected chi connectivity index (χ2v) is 10.0. The number of methoxy groups -OCH3 is 2. The van der Waals surface area contributed by atoms with E-state index in [0.29, 0.717) is 54.0 Å². The SMILES string of the molecule is COc1ccc(CCN(C)C(=O)CCCSc2nnc(-c3ccc([N+](=O)[O-])cc3)n2-c2ccccc2)cc1OC. The highest BCUT2D eigenvalue weighted by Crippen LogP contribution is 2.30. The predicted octanol–water partition coefficient (Wildman–Crippen LogP) is 5.43. The van der Waals surface area contributed by atoms with Gasteiger partial charge in [0.15, 0.2) is 22.5 Å². The van der Waals surface area contributed by atoms with Crippen LogP contribution in [0.25, 0.3) is 17.1 Å². The lowest BCUT2D eigenvalue weighted by atomic mass is 10.1. The first-order valence-corrected chi connectivity index (χ1v) is 13.7. The number of amides is 1. The van der Waals surface area contributed by atoms with Crippen molar-refractivity contribution in [2.75, 3.05) is 33.6 Å². The van der Waals surface area contributed by atoms with Gasteiger partial charge in [-0.2, -0.15) is 0 Å². The van der Waals surface area contributed by atoms with Crippen LogP contribution in [-0.4, -0.2) is 64.1 Å². The van der Waals surface area contributed by atoms with Gasteiger partial charge in [-0.15, -0.1) is 10.2 Å². The molecule has 0 atom stereocenters. The maximum Gasteiger partial charge on any atom is 0.269 e. The number of likely N-dealkylation sites (N-methyl/N-ethyl adjacent to an activating group) is 1. The number of hydrogen-bond acceptors (Lipinski definition) is 8. The second-order valence-electron chi connectivity index (χ2n) is 8.99. The number of nitro benzene ring substituents is 1. The van der Waals surface area contributed by atoms with Gasteiger partial charge in [0.1, 0.15) is 0 Å². The van der Waals surface area contributed by atoms with Crippen molar-refractivity contribution in [1.82, 2.24) is 19.7 Å². The van der Waals surface area contributed by atoms with Gasteiger partial charge in [-0.3, -0.25) is 19.5 Å². The van der Waals surface area contributed by atoms with Crippen LogP contribution in [0.2, 0.25) is 0 Å². The average molecular weight is 562 g/mol. The summed E-state index contributed by atoms with van der Waals surface area (Å²) in [6.45, 7) is 0.600. The van der Waals surface area contributed by atoms with Gasteiger partial charge in [0.2, 0.25) is 5.91 Å². The summed E-state index contributed by atoms with van der Waals surface area (Å²) in [5.74, 6) is 2.70. The topological polar surface area (TPSA) is 113 Å². The Morgan fingerprint density at radius 2 is 1.73 bits per heavy atom. The fourth-order valence-corrected chi connectivity index (χ4v) is 5.02. The van der Waals surface area contributed by atoms with Crippen molar-refractivity contribution in [2.24, 2.45) is 0 Å². The number of para-hydroxylation sites is 1. The molecule has 10 nitrogen and oxygen atoms in total. The smallest absolute Gasteiger partial charge is 0.269 e. The van der Waals surface area contributed by atoms with Crippen molar-refractivity contribution >= 4 is 23.4 Å². The van der Waals surface area contributed by atoms with Gasteiger partial charge in [0.05, 0.1) is 19.1 Å². The number of hydrogen-bond donors (Lipinski definition) is 0. The van der Waals surface area contributed by atoms with Crippen molar-refractivity contribution in [1.29, 1.82) is 0 Å². The van der Waals surface area contributed by atoms with Crippen LogP contribution < -0.4 is 9.47 Å². The molecule has 1 aromatic heterocycles. The lowest BCUT2D eigenvalue weighted by Crippen LogP contribution is -2.28. The lowest BCUT2D eigenvalue weighted by Gasteiger charge is -2.17. The molecule has 0 aliphatic carbocycles. The molecule has 1 amide bonds. The van der Waals surface area contributed by atoms with E-state index in [1.165, 1.54) is 23.9 Å². The molecule has 11 heteroatoms. The number of carbonyl (C=O) groups is 1. The molecular formula is C29H31N5O5S. The molecule has 208 valence electrons. The fraction of sp³-hybridized carbons (Fsp3) is 0.276. The number of benzene rings is 3. The lowest BCUT2D eigenvalue weighted by molar-refractivity contribution is -0.384. The van der Waals surface area contributed by atoms with Gasteiger partial charge in [0.25, 0.3) is 5.69 Å². The van der Waals surface area contributed by atoms with E-state index in [2.05, 4.69) is 10.2 Å². The summed E-state index contributed by atoms with van der Waals surface area (Å²) in [5.41, 5.74) is 2.69. The summed E-state index contributed by atoms with van der Waals surface area (Å²) in [4.78, 5) is 25.1. The number of nitrogens with zero attached hydrogens (tertiary/aromatic N) is 5. The van der Waals surface area contributed by atoms with Crippen molar-refractivity contribution in [3.8, 4) is 28.6 Å². The van der Waals surface area contributed by atoms with Crippen molar-refractivity contribution in [3.63, 3.8) is 0 Å². The maximum atomic E-state index is 12.7. The van der Waals surface area contributed by atoms with Crippen LogP contribution >= 0.6 is 11.8 Å². The zero-order valence-electron chi connectivity index (χ0n) is 22.6. The second kappa shape index (κ2) is 13.6. The third-order valence-corrected chi connectivity index (χ3v) is 7.38. The van der Waals surface area contributed by atoms with Gasteiger partial charge in [-0.25, -0.2) is 0 Å². The zero-order chi connectivity index (χ0) is 28.5. The summed E-state index contributed by atoms with van der Waals surface area (Å²) in [6.07, 6.45) is 1.81. The summed E-state index contributed by atoms with van der Waals surface area (Å²) in [7, 11) is 5.03. The van der Waals surface area contributed by atoms with Crippen LogP contribution in [0.1, 0.15) is 18.4 Å². The minimum Gasteiger partial charge on any atom is -0.493 e. The molecule has 4 aromatic rings. The Balaban J connectivity index is 1.35. The van der Waals surface area contributed by atoms with Crippen LogP contribution in [0.5, 0.6) is 11.5 Å². The molecule has 0 saturated carbocycles. The Morgan fingerprint density at radius 3 is 2.40 bits per heavy atom. The number of rotatable bonds is 13. The Bertz CT molecular complexity index is 1440. The average Bonchev–Trinajstić information content (AvgIpc) is 3.42. The summed E-state index contributed by atoms with van der Waals surface area (Å²) < 4.78 is 12.6. The van der Waals surface area contributed by atoms with Crippen molar-refractivity contribution in [3.05, 3.63) is 88.5 Å². The molecule has 0 aliphatic heterocycles. The van der Waals surface area contributed by atoms with E-state index in [0.717, 1.165) is 16.8 Å². The minimum atomic E-state index is -0.429. The number of carbonyl (C=O) groups excluding carboxylic acids is 1. The molecule has 0 bridgehead atoms. The molecule has 40 heavy (non-hydrogen) atoms. The Hall–Kier alpha value is -4.38. The van der Waals surface area contributed by atoms with Gasteiger partial charge in [0, 0.05) is 49.1 Å². The molecule has 0 fully saturated rings. The number of nitro groups is 1. The Kier molecular flexibility index (Phi) is 9.74. The highest BCUT2D eigenvalue weighted by Gasteiger charge is 2.18. The molecule has 1 heterocycles. The number of ether oxygens (including phenoxy) is 2. The van der Waals surface area contributed by atoms with Crippen LogP contribution in [0.3, 0.4) is 0 Å². The molecule has 3 aromatic carbocycles.